The predicted octanol–water partition coefficient (Wildman–Crippen LogP) is 2.10. The highest BCUT2D eigenvalue weighted by Crippen LogP contribution is 2.35. The molecule has 1 saturated carbocycles. The molecule has 5 heteroatoms. The maximum absolute atomic E-state index is 12.0. The summed E-state index contributed by atoms with van der Waals surface area (Å²) in [6.45, 7) is -2.78. The van der Waals surface area contributed by atoms with E-state index in [1.807, 2.05) is 6.92 Å². The van der Waals surface area contributed by atoms with Crippen molar-refractivity contribution in [2.75, 3.05) is 13.5 Å². The summed E-state index contributed by atoms with van der Waals surface area (Å²) in [6, 6.07) is 0.0912. The van der Waals surface area contributed by atoms with Crippen molar-refractivity contribution >= 4 is 6.98 Å². The number of rotatable bonds is 4. The Morgan fingerprint density at radius 2 is 1.92 bits per heavy atom. The van der Waals surface area contributed by atoms with Crippen LogP contribution in [0.2, 0.25) is 0 Å². The molecule has 0 aromatic rings. The Labute approximate surface area is 71.0 Å². The quantitative estimate of drug-likeness (QED) is 0.598. The predicted molar refractivity (Wildman–Crippen MR) is 43.9 cm³/mol. The summed E-state index contributed by atoms with van der Waals surface area (Å²) in [6.07, 6.45) is 1.46. The maximum Gasteiger partial charge on any atom is 0.492 e. The highest BCUT2D eigenvalue weighted by molar-refractivity contribution is 6.58. The first-order valence-corrected chi connectivity index (χ1v) is 4.31. The molecule has 72 valence electrons. The van der Waals surface area contributed by atoms with Crippen molar-refractivity contribution in [3.05, 3.63) is 0 Å². The molecule has 1 aliphatic rings. The Balaban J connectivity index is 2.31. The number of nitrogens with zero attached hydrogens (tertiary/aromatic N) is 1. The van der Waals surface area contributed by atoms with Gasteiger partial charge in [0.25, 0.3) is 0 Å². The lowest BCUT2D eigenvalue weighted by Crippen LogP contribution is -2.41. The molecular formula is C7H14BF3N-. The molecule has 1 fully saturated rings. The molecule has 0 radical (unpaired) electrons. The smallest absolute Gasteiger partial charge is 0.448 e. The third-order valence-electron chi connectivity index (χ3n) is 2.49. The van der Waals surface area contributed by atoms with E-state index in [0.29, 0.717) is 5.92 Å². The second kappa shape index (κ2) is 3.28. The average molecular weight is 180 g/mol. The van der Waals surface area contributed by atoms with Gasteiger partial charge in [0.2, 0.25) is 0 Å². The molecular weight excluding hydrogens is 166 g/mol. The molecule has 12 heavy (non-hydrogen) atoms. The van der Waals surface area contributed by atoms with Crippen LogP contribution in [-0.2, 0) is 0 Å². The van der Waals surface area contributed by atoms with Gasteiger partial charge in [-0.3, -0.25) is 0 Å². The topological polar surface area (TPSA) is 3.24 Å². The van der Waals surface area contributed by atoms with Crippen molar-refractivity contribution in [3.63, 3.8) is 0 Å². The van der Waals surface area contributed by atoms with Crippen LogP contribution in [0.25, 0.3) is 0 Å². The van der Waals surface area contributed by atoms with Crippen molar-refractivity contribution in [1.29, 1.82) is 0 Å². The molecule has 1 rings (SSSR count). The van der Waals surface area contributed by atoms with Gasteiger partial charge in [-0.2, -0.15) is 0 Å². The Morgan fingerprint density at radius 3 is 2.25 bits per heavy atom. The zero-order valence-electron chi connectivity index (χ0n) is 7.43. The van der Waals surface area contributed by atoms with E-state index in [1.165, 1.54) is 4.90 Å². The molecule has 0 heterocycles. The van der Waals surface area contributed by atoms with E-state index in [-0.39, 0.29) is 6.04 Å². The van der Waals surface area contributed by atoms with E-state index in [9.17, 15) is 12.9 Å². The van der Waals surface area contributed by atoms with Gasteiger partial charge < -0.3 is 17.8 Å². The average Bonchev–Trinajstić information content (AvgIpc) is 2.62. The normalized spacial score (nSPS) is 21.5. The Bertz CT molecular complexity index is 155. The molecule has 1 aliphatic carbocycles. The van der Waals surface area contributed by atoms with Gasteiger partial charge in [0, 0.05) is 6.04 Å². The molecule has 0 aromatic heterocycles. The summed E-state index contributed by atoms with van der Waals surface area (Å²) >= 11 is 0. The zero-order valence-corrected chi connectivity index (χ0v) is 7.43. The van der Waals surface area contributed by atoms with Gasteiger partial charge in [-0.05, 0) is 39.2 Å². The molecule has 0 aromatic carbocycles. The van der Waals surface area contributed by atoms with Gasteiger partial charge in [0.05, 0.1) is 0 Å². The van der Waals surface area contributed by atoms with Crippen molar-refractivity contribution in [3.8, 4) is 0 Å². The fourth-order valence-corrected chi connectivity index (χ4v) is 1.43. The fourth-order valence-electron chi connectivity index (χ4n) is 1.43. The summed E-state index contributed by atoms with van der Waals surface area (Å²) < 4.78 is 35.9. The van der Waals surface area contributed by atoms with E-state index < -0.39 is 13.4 Å². The second-order valence-corrected chi connectivity index (χ2v) is 3.73. The summed E-state index contributed by atoms with van der Waals surface area (Å²) in [7, 11) is 1.55. The minimum Gasteiger partial charge on any atom is -0.448 e. The molecule has 0 aliphatic heterocycles. The van der Waals surface area contributed by atoms with Crippen LogP contribution in [0.1, 0.15) is 19.8 Å². The second-order valence-electron chi connectivity index (χ2n) is 3.73. The van der Waals surface area contributed by atoms with Crippen molar-refractivity contribution in [1.82, 2.24) is 4.90 Å². The lowest BCUT2D eigenvalue weighted by Gasteiger charge is -2.29. The van der Waals surface area contributed by atoms with Crippen LogP contribution in [0.4, 0.5) is 12.9 Å². The van der Waals surface area contributed by atoms with Gasteiger partial charge >= 0.3 is 6.98 Å². The monoisotopic (exact) mass is 180 g/mol. The van der Waals surface area contributed by atoms with Gasteiger partial charge in [0.1, 0.15) is 0 Å². The van der Waals surface area contributed by atoms with Gasteiger partial charge in [-0.1, -0.05) is 0 Å². The summed E-state index contributed by atoms with van der Waals surface area (Å²) in [5, 5.41) is 0. The third kappa shape index (κ3) is 3.05. The van der Waals surface area contributed by atoms with Crippen LogP contribution >= 0.6 is 0 Å². The van der Waals surface area contributed by atoms with Crippen LogP contribution in [0.15, 0.2) is 0 Å². The first kappa shape index (κ1) is 9.90. The molecule has 1 unspecified atom stereocenters. The molecule has 0 saturated heterocycles. The van der Waals surface area contributed by atoms with Crippen LogP contribution < -0.4 is 0 Å². The SMILES string of the molecule is CC(C1CC1)N(C)C[B-](F)(F)F. The molecule has 0 spiro atoms. The summed E-state index contributed by atoms with van der Waals surface area (Å²) in [5.41, 5.74) is 0. The lowest BCUT2D eigenvalue weighted by atomic mass is 9.90. The van der Waals surface area contributed by atoms with E-state index in [2.05, 4.69) is 0 Å². The highest BCUT2D eigenvalue weighted by atomic mass is 19.4. The van der Waals surface area contributed by atoms with Crippen molar-refractivity contribution in [2.24, 2.45) is 5.92 Å². The first-order valence-electron chi connectivity index (χ1n) is 4.31. The fraction of sp³-hybridized carbons (Fsp3) is 1.00. The third-order valence-corrected chi connectivity index (χ3v) is 2.49. The van der Waals surface area contributed by atoms with E-state index in [4.69, 9.17) is 0 Å². The van der Waals surface area contributed by atoms with Crippen molar-refractivity contribution in [2.45, 2.75) is 25.8 Å². The number of hydrogen-bond acceptors (Lipinski definition) is 1. The molecule has 1 atom stereocenters. The number of hydrogen-bond donors (Lipinski definition) is 0. The minimum absolute atomic E-state index is 0.0912. The molecule has 0 N–H and O–H groups in total. The minimum atomic E-state index is -4.65. The number of halogens is 3. The molecule has 1 nitrogen and oxygen atoms in total. The summed E-state index contributed by atoms with van der Waals surface area (Å²) in [5.74, 6) is 0.508. The van der Waals surface area contributed by atoms with Crippen molar-refractivity contribution < 1.29 is 12.9 Å². The lowest BCUT2D eigenvalue weighted by molar-refractivity contribution is 0.242. The summed E-state index contributed by atoms with van der Waals surface area (Å²) in [4.78, 5) is 1.41. The molecule has 0 bridgehead atoms. The first-order chi connectivity index (χ1) is 5.40. The van der Waals surface area contributed by atoms with Gasteiger partial charge in [-0.15, -0.1) is 0 Å². The largest absolute Gasteiger partial charge is 0.492 e. The van der Waals surface area contributed by atoms with Crippen LogP contribution in [0, 0.1) is 5.92 Å². The highest BCUT2D eigenvalue weighted by Gasteiger charge is 2.33. The van der Waals surface area contributed by atoms with Crippen LogP contribution in [-0.4, -0.2) is 31.4 Å². The maximum atomic E-state index is 12.0. The zero-order chi connectivity index (χ0) is 9.35. The van der Waals surface area contributed by atoms with E-state index in [1.54, 1.807) is 7.05 Å². The Hall–Kier alpha value is -0.185. The van der Waals surface area contributed by atoms with Crippen LogP contribution in [0.3, 0.4) is 0 Å². The standard InChI is InChI=1S/C7H14BF3N/c1-6(7-3-4-7)12(2)5-8(9,10)11/h6-7H,3-5H2,1-2H3/q-1. The van der Waals surface area contributed by atoms with Crippen LogP contribution in [0.5, 0.6) is 0 Å². The Kier molecular flexibility index (Phi) is 2.71. The molecule has 0 amide bonds. The Morgan fingerprint density at radius 1 is 1.42 bits per heavy atom. The van der Waals surface area contributed by atoms with Gasteiger partial charge in [0.15, 0.2) is 0 Å². The van der Waals surface area contributed by atoms with E-state index >= 15 is 0 Å². The van der Waals surface area contributed by atoms with Gasteiger partial charge in [-0.25, -0.2) is 0 Å². The van der Waals surface area contributed by atoms with E-state index in [0.717, 1.165) is 12.8 Å².